The minimum Gasteiger partial charge on any atom is -0.365 e. The predicted molar refractivity (Wildman–Crippen MR) is 29.4 cm³/mol. The zero-order chi connectivity index (χ0) is 7.78. The van der Waals surface area contributed by atoms with Crippen LogP contribution in [0.15, 0.2) is 12.2 Å². The fraction of sp³-hybridized carbons (Fsp3) is 0.600. The van der Waals surface area contributed by atoms with Crippen molar-refractivity contribution in [3.63, 3.8) is 0 Å². The summed E-state index contributed by atoms with van der Waals surface area (Å²) in [4.78, 5) is 0. The van der Waals surface area contributed by atoms with E-state index in [1.165, 1.54) is 0 Å². The standard InChI is InChI=1S/C5H8O5/c6-3-1-2-5(9,10-3)4(7)8/h1-4,6-9H/t3-,5+/m0/s1. The zero-order valence-corrected chi connectivity index (χ0v) is 5.01. The van der Waals surface area contributed by atoms with E-state index in [9.17, 15) is 0 Å². The van der Waals surface area contributed by atoms with Gasteiger partial charge in [0.05, 0.1) is 0 Å². The Kier molecular flexibility index (Phi) is 1.76. The number of hydrogen-bond donors (Lipinski definition) is 4. The van der Waals surface area contributed by atoms with Gasteiger partial charge in [0.2, 0.25) is 12.1 Å². The summed E-state index contributed by atoms with van der Waals surface area (Å²) < 4.78 is 4.31. The largest absolute Gasteiger partial charge is 0.365 e. The van der Waals surface area contributed by atoms with E-state index in [-0.39, 0.29) is 0 Å². The Morgan fingerprint density at radius 1 is 1.50 bits per heavy atom. The average molecular weight is 148 g/mol. The van der Waals surface area contributed by atoms with Crippen LogP contribution in [0.25, 0.3) is 0 Å². The lowest BCUT2D eigenvalue weighted by molar-refractivity contribution is -0.307. The van der Waals surface area contributed by atoms with E-state index in [0.29, 0.717) is 0 Å². The van der Waals surface area contributed by atoms with E-state index in [1.54, 1.807) is 0 Å². The van der Waals surface area contributed by atoms with Crippen molar-refractivity contribution >= 4 is 0 Å². The summed E-state index contributed by atoms with van der Waals surface area (Å²) in [6, 6.07) is 0. The van der Waals surface area contributed by atoms with Crippen molar-refractivity contribution in [3.8, 4) is 0 Å². The highest BCUT2D eigenvalue weighted by Gasteiger charge is 2.39. The molecule has 58 valence electrons. The fourth-order valence-electron chi connectivity index (χ4n) is 0.639. The Balaban J connectivity index is 2.65. The van der Waals surface area contributed by atoms with Gasteiger partial charge < -0.3 is 25.2 Å². The van der Waals surface area contributed by atoms with E-state index in [0.717, 1.165) is 12.2 Å². The van der Waals surface area contributed by atoms with Gasteiger partial charge in [0, 0.05) is 0 Å². The quantitative estimate of drug-likeness (QED) is 0.252. The van der Waals surface area contributed by atoms with Crippen molar-refractivity contribution in [1.82, 2.24) is 0 Å². The van der Waals surface area contributed by atoms with E-state index >= 15 is 0 Å². The highest BCUT2D eigenvalue weighted by Crippen LogP contribution is 2.21. The molecule has 0 spiro atoms. The number of aliphatic hydroxyl groups is 4. The van der Waals surface area contributed by atoms with Crippen LogP contribution >= 0.6 is 0 Å². The molecule has 0 amide bonds. The molecule has 10 heavy (non-hydrogen) atoms. The first kappa shape index (κ1) is 7.64. The third-order valence-corrected chi connectivity index (χ3v) is 1.18. The van der Waals surface area contributed by atoms with Crippen molar-refractivity contribution < 1.29 is 25.2 Å². The minimum absolute atomic E-state index is 0.975. The molecule has 2 atom stereocenters. The first-order valence-electron chi connectivity index (χ1n) is 2.68. The topological polar surface area (TPSA) is 90.2 Å². The lowest BCUT2D eigenvalue weighted by Crippen LogP contribution is -2.42. The smallest absolute Gasteiger partial charge is 0.240 e. The van der Waals surface area contributed by atoms with Crippen molar-refractivity contribution in [2.24, 2.45) is 0 Å². The van der Waals surface area contributed by atoms with Gasteiger partial charge in [0.25, 0.3) is 0 Å². The molecule has 1 aliphatic heterocycles. The van der Waals surface area contributed by atoms with Gasteiger partial charge in [-0.25, -0.2) is 0 Å². The SMILES string of the molecule is OC(O)[C@@]1(O)C=C[C@@H](O)O1. The Morgan fingerprint density at radius 2 is 2.10 bits per heavy atom. The van der Waals surface area contributed by atoms with Crippen LogP contribution in [0.1, 0.15) is 0 Å². The average Bonchev–Trinajstić information content (AvgIpc) is 2.13. The second-order valence-corrected chi connectivity index (χ2v) is 1.99. The molecule has 0 aromatic rings. The van der Waals surface area contributed by atoms with Crippen LogP contribution < -0.4 is 0 Å². The highest BCUT2D eigenvalue weighted by atomic mass is 16.7. The van der Waals surface area contributed by atoms with Gasteiger partial charge in [-0.05, 0) is 12.2 Å². The third-order valence-electron chi connectivity index (χ3n) is 1.18. The van der Waals surface area contributed by atoms with Gasteiger partial charge in [0.15, 0.2) is 6.29 Å². The number of ether oxygens (including phenoxy) is 1. The van der Waals surface area contributed by atoms with Crippen molar-refractivity contribution in [2.75, 3.05) is 0 Å². The molecule has 5 nitrogen and oxygen atoms in total. The maximum absolute atomic E-state index is 8.97. The Morgan fingerprint density at radius 3 is 2.30 bits per heavy atom. The Hall–Kier alpha value is -0.460. The van der Waals surface area contributed by atoms with Crippen LogP contribution in [0.2, 0.25) is 0 Å². The van der Waals surface area contributed by atoms with Gasteiger partial charge in [-0.2, -0.15) is 0 Å². The molecule has 0 aromatic heterocycles. The van der Waals surface area contributed by atoms with Crippen molar-refractivity contribution in [3.05, 3.63) is 12.2 Å². The van der Waals surface area contributed by atoms with E-state index < -0.39 is 18.4 Å². The molecule has 0 aromatic carbocycles. The molecule has 0 saturated heterocycles. The molecule has 0 bridgehead atoms. The molecule has 1 heterocycles. The molecule has 0 aliphatic carbocycles. The second-order valence-electron chi connectivity index (χ2n) is 1.99. The molecule has 0 fully saturated rings. The molecule has 1 aliphatic rings. The minimum atomic E-state index is -2.15. The third kappa shape index (κ3) is 1.18. The summed E-state index contributed by atoms with van der Waals surface area (Å²) in [5, 5.41) is 34.5. The van der Waals surface area contributed by atoms with Crippen LogP contribution in [0.3, 0.4) is 0 Å². The van der Waals surface area contributed by atoms with E-state index in [4.69, 9.17) is 20.4 Å². The van der Waals surface area contributed by atoms with E-state index in [2.05, 4.69) is 4.74 Å². The van der Waals surface area contributed by atoms with Crippen LogP contribution in [0.5, 0.6) is 0 Å². The molecule has 0 radical (unpaired) electrons. The Bertz CT molecular complexity index is 154. The first-order valence-corrected chi connectivity index (χ1v) is 2.68. The number of rotatable bonds is 1. The zero-order valence-electron chi connectivity index (χ0n) is 5.01. The van der Waals surface area contributed by atoms with Gasteiger partial charge in [-0.3, -0.25) is 0 Å². The maximum Gasteiger partial charge on any atom is 0.240 e. The molecule has 0 unspecified atom stereocenters. The van der Waals surface area contributed by atoms with Gasteiger partial charge >= 0.3 is 0 Å². The van der Waals surface area contributed by atoms with Crippen molar-refractivity contribution in [2.45, 2.75) is 18.4 Å². The lowest BCUT2D eigenvalue weighted by atomic mass is 10.3. The van der Waals surface area contributed by atoms with E-state index in [1.807, 2.05) is 0 Å². The maximum atomic E-state index is 8.97. The van der Waals surface area contributed by atoms with Crippen molar-refractivity contribution in [1.29, 1.82) is 0 Å². The van der Waals surface area contributed by atoms with Crippen LogP contribution in [0.4, 0.5) is 0 Å². The highest BCUT2D eigenvalue weighted by molar-refractivity contribution is 5.04. The summed E-state index contributed by atoms with van der Waals surface area (Å²) >= 11 is 0. The fourth-order valence-corrected chi connectivity index (χ4v) is 0.639. The normalized spacial score (nSPS) is 39.5. The van der Waals surface area contributed by atoms with Gasteiger partial charge in [0.1, 0.15) is 0 Å². The summed E-state index contributed by atoms with van der Waals surface area (Å²) in [6.45, 7) is 0. The van der Waals surface area contributed by atoms with Crippen LogP contribution in [0, 0.1) is 0 Å². The second kappa shape index (κ2) is 2.30. The van der Waals surface area contributed by atoms with Gasteiger partial charge in [-0.1, -0.05) is 0 Å². The predicted octanol–water partition coefficient (Wildman–Crippen LogP) is -2.11. The summed E-state index contributed by atoms with van der Waals surface area (Å²) in [6.07, 6.45) is -1.23. The lowest BCUT2D eigenvalue weighted by Gasteiger charge is -2.22. The van der Waals surface area contributed by atoms with Gasteiger partial charge in [-0.15, -0.1) is 0 Å². The number of aliphatic hydroxyl groups excluding tert-OH is 2. The van der Waals surface area contributed by atoms with Crippen LogP contribution in [-0.4, -0.2) is 38.8 Å². The summed E-state index contributed by atoms with van der Waals surface area (Å²) in [7, 11) is 0. The number of hydrogen-bond acceptors (Lipinski definition) is 5. The Labute approximate surface area is 56.8 Å². The molecule has 1 rings (SSSR count). The molecular weight excluding hydrogens is 140 g/mol. The monoisotopic (exact) mass is 148 g/mol. The summed E-state index contributed by atoms with van der Waals surface area (Å²) in [5.41, 5.74) is 0. The van der Waals surface area contributed by atoms with Crippen LogP contribution in [-0.2, 0) is 4.74 Å². The first-order chi connectivity index (χ1) is 4.54. The molecule has 4 N–H and O–H groups in total. The summed E-state index contributed by atoms with van der Waals surface area (Å²) in [5.74, 6) is -2.15. The molecule has 0 saturated carbocycles. The molecule has 5 heteroatoms. The molecular formula is C5H8O5.